The third kappa shape index (κ3) is 3.13. The van der Waals surface area contributed by atoms with Crippen LogP contribution in [-0.2, 0) is 9.59 Å². The van der Waals surface area contributed by atoms with Gasteiger partial charge in [0.15, 0.2) is 0 Å². The van der Waals surface area contributed by atoms with Gasteiger partial charge in [0.1, 0.15) is 17.1 Å². The zero-order valence-electron chi connectivity index (χ0n) is 14.4. The first kappa shape index (κ1) is 17.1. The highest BCUT2D eigenvalue weighted by molar-refractivity contribution is 6.32. The van der Waals surface area contributed by atoms with Crippen LogP contribution in [0.25, 0.3) is 17.4 Å². The number of halogens is 1. The lowest BCUT2D eigenvalue weighted by atomic mass is 10.1. The van der Waals surface area contributed by atoms with E-state index in [0.717, 1.165) is 11.1 Å². The van der Waals surface area contributed by atoms with Crippen molar-refractivity contribution in [3.8, 4) is 11.3 Å². The number of carbonyl (C=O) groups excluding carboxylic acids is 2. The molecule has 0 atom stereocenters. The first-order chi connectivity index (χ1) is 13.0. The molecule has 2 amide bonds. The first-order valence-electron chi connectivity index (χ1n) is 8.32. The molecular weight excluding hydrogens is 364 g/mol. The highest BCUT2D eigenvalue weighted by Crippen LogP contribution is 2.30. The Balaban J connectivity index is 1.65. The Kier molecular flexibility index (Phi) is 4.30. The Morgan fingerprint density at radius 3 is 2.56 bits per heavy atom. The molecule has 3 aromatic rings. The second-order valence-electron chi connectivity index (χ2n) is 6.09. The number of hydrogen-bond acceptors (Lipinski definition) is 3. The molecule has 1 aromatic heterocycles. The SMILES string of the molecule is Cc1c(Cl)cccc1-c1ccc(/C=C2/C(=O)NN(c3ccccc3)C2=O)o1. The van der Waals surface area contributed by atoms with Crippen molar-refractivity contribution in [2.45, 2.75) is 6.92 Å². The smallest absolute Gasteiger partial charge is 0.282 e. The molecule has 0 aliphatic carbocycles. The molecule has 2 aromatic carbocycles. The third-order valence-corrected chi connectivity index (χ3v) is 4.76. The number of amides is 2. The van der Waals surface area contributed by atoms with Gasteiger partial charge in [0, 0.05) is 10.6 Å². The summed E-state index contributed by atoms with van der Waals surface area (Å²) in [5.41, 5.74) is 4.93. The standard InChI is InChI=1S/C21H15ClN2O3/c1-13-16(8-5-9-18(13)22)19-11-10-15(27-19)12-17-20(25)23-24(21(17)26)14-6-3-2-4-7-14/h2-12H,1H3,(H,23,25)/b17-12-. The lowest BCUT2D eigenvalue weighted by molar-refractivity contribution is -0.117. The predicted octanol–water partition coefficient (Wildman–Crippen LogP) is 4.37. The van der Waals surface area contributed by atoms with E-state index in [0.29, 0.717) is 22.2 Å². The quantitative estimate of drug-likeness (QED) is 0.543. The minimum absolute atomic E-state index is 0.0163. The van der Waals surface area contributed by atoms with Gasteiger partial charge in [0.2, 0.25) is 0 Å². The van der Waals surface area contributed by atoms with E-state index in [1.807, 2.05) is 31.2 Å². The second-order valence-corrected chi connectivity index (χ2v) is 6.50. The van der Waals surface area contributed by atoms with Gasteiger partial charge in [-0.3, -0.25) is 15.0 Å². The minimum Gasteiger partial charge on any atom is -0.457 e. The third-order valence-electron chi connectivity index (χ3n) is 4.35. The average Bonchev–Trinajstić information content (AvgIpc) is 3.25. The number of anilines is 1. The van der Waals surface area contributed by atoms with Crippen LogP contribution in [0.3, 0.4) is 0 Å². The summed E-state index contributed by atoms with van der Waals surface area (Å²) in [7, 11) is 0. The van der Waals surface area contributed by atoms with Crippen molar-refractivity contribution in [3.63, 3.8) is 0 Å². The molecule has 4 rings (SSSR count). The summed E-state index contributed by atoms with van der Waals surface area (Å²) < 4.78 is 5.82. The molecule has 1 N–H and O–H groups in total. The molecule has 1 aliphatic rings. The fourth-order valence-electron chi connectivity index (χ4n) is 2.91. The Hall–Kier alpha value is -3.31. The van der Waals surface area contributed by atoms with Crippen molar-refractivity contribution < 1.29 is 14.0 Å². The summed E-state index contributed by atoms with van der Waals surface area (Å²) >= 11 is 6.16. The van der Waals surface area contributed by atoms with E-state index in [9.17, 15) is 9.59 Å². The zero-order valence-corrected chi connectivity index (χ0v) is 15.2. The van der Waals surface area contributed by atoms with Crippen LogP contribution in [0.5, 0.6) is 0 Å². The Morgan fingerprint density at radius 1 is 1.00 bits per heavy atom. The molecular formula is C21H15ClN2O3. The second kappa shape index (κ2) is 6.78. The lowest BCUT2D eigenvalue weighted by Gasteiger charge is -2.13. The molecule has 134 valence electrons. The molecule has 0 saturated carbocycles. The normalized spacial score (nSPS) is 15.5. The van der Waals surface area contributed by atoms with Crippen molar-refractivity contribution in [3.05, 3.63) is 82.6 Å². The largest absolute Gasteiger partial charge is 0.457 e. The Bertz CT molecular complexity index is 1070. The number of para-hydroxylation sites is 1. The molecule has 27 heavy (non-hydrogen) atoms. The van der Waals surface area contributed by atoms with Gasteiger partial charge in [-0.05, 0) is 48.9 Å². The van der Waals surface area contributed by atoms with Crippen LogP contribution in [-0.4, -0.2) is 11.8 Å². The number of nitrogens with one attached hydrogen (secondary N) is 1. The summed E-state index contributed by atoms with van der Waals surface area (Å²) in [5.74, 6) is 0.134. The van der Waals surface area contributed by atoms with Crippen LogP contribution in [0.1, 0.15) is 11.3 Å². The van der Waals surface area contributed by atoms with Gasteiger partial charge in [-0.1, -0.05) is 41.9 Å². The fraction of sp³-hybridized carbons (Fsp3) is 0.0476. The minimum atomic E-state index is -0.472. The Morgan fingerprint density at radius 2 is 1.78 bits per heavy atom. The van der Waals surface area contributed by atoms with Gasteiger partial charge in [0.05, 0.1) is 5.69 Å². The van der Waals surface area contributed by atoms with Crippen LogP contribution in [0, 0.1) is 6.92 Å². The van der Waals surface area contributed by atoms with Gasteiger partial charge in [-0.15, -0.1) is 0 Å². The summed E-state index contributed by atoms with van der Waals surface area (Å²) in [5, 5.41) is 1.87. The van der Waals surface area contributed by atoms with Crippen molar-refractivity contribution in [1.82, 2.24) is 5.43 Å². The van der Waals surface area contributed by atoms with Crippen molar-refractivity contribution in [2.75, 3.05) is 5.01 Å². The van der Waals surface area contributed by atoms with Gasteiger partial charge in [0.25, 0.3) is 11.8 Å². The van der Waals surface area contributed by atoms with Crippen molar-refractivity contribution in [2.24, 2.45) is 0 Å². The van der Waals surface area contributed by atoms with E-state index in [1.54, 1.807) is 36.4 Å². The summed E-state index contributed by atoms with van der Waals surface area (Å²) in [6.07, 6.45) is 1.45. The van der Waals surface area contributed by atoms with Crippen LogP contribution >= 0.6 is 11.6 Å². The zero-order chi connectivity index (χ0) is 19.0. The first-order valence-corrected chi connectivity index (χ1v) is 8.70. The average molecular weight is 379 g/mol. The number of hydrogen-bond donors (Lipinski definition) is 1. The molecule has 6 heteroatoms. The molecule has 5 nitrogen and oxygen atoms in total. The summed E-state index contributed by atoms with van der Waals surface area (Å²) in [6, 6.07) is 18.0. The van der Waals surface area contributed by atoms with Gasteiger partial charge >= 0.3 is 0 Å². The van der Waals surface area contributed by atoms with Gasteiger partial charge in [-0.25, -0.2) is 5.01 Å². The molecule has 1 saturated heterocycles. The maximum absolute atomic E-state index is 12.6. The number of nitrogens with zero attached hydrogens (tertiary/aromatic N) is 1. The van der Waals surface area contributed by atoms with E-state index < -0.39 is 11.8 Å². The lowest BCUT2D eigenvalue weighted by Crippen LogP contribution is -2.35. The summed E-state index contributed by atoms with van der Waals surface area (Å²) in [4.78, 5) is 24.9. The topological polar surface area (TPSA) is 62.6 Å². The molecule has 0 unspecified atom stereocenters. The molecule has 2 heterocycles. The maximum atomic E-state index is 12.6. The molecule has 0 bridgehead atoms. The number of rotatable bonds is 3. The number of benzene rings is 2. The predicted molar refractivity (Wildman–Crippen MR) is 104 cm³/mol. The monoisotopic (exact) mass is 378 g/mol. The van der Waals surface area contributed by atoms with Crippen LogP contribution in [0.4, 0.5) is 5.69 Å². The van der Waals surface area contributed by atoms with E-state index in [4.69, 9.17) is 16.0 Å². The molecule has 1 fully saturated rings. The van der Waals surface area contributed by atoms with Gasteiger partial charge < -0.3 is 4.42 Å². The number of furan rings is 1. The highest BCUT2D eigenvalue weighted by atomic mass is 35.5. The maximum Gasteiger partial charge on any atom is 0.282 e. The number of carbonyl (C=O) groups is 2. The fourth-order valence-corrected chi connectivity index (χ4v) is 3.08. The van der Waals surface area contributed by atoms with Crippen LogP contribution < -0.4 is 10.4 Å². The molecule has 0 radical (unpaired) electrons. The van der Waals surface area contributed by atoms with E-state index in [-0.39, 0.29) is 5.57 Å². The van der Waals surface area contributed by atoms with E-state index in [1.165, 1.54) is 11.1 Å². The highest BCUT2D eigenvalue weighted by Gasteiger charge is 2.34. The van der Waals surface area contributed by atoms with Crippen molar-refractivity contribution >= 4 is 35.2 Å². The van der Waals surface area contributed by atoms with Crippen LogP contribution in [0.2, 0.25) is 5.02 Å². The summed E-state index contributed by atoms with van der Waals surface area (Å²) in [6.45, 7) is 1.91. The van der Waals surface area contributed by atoms with Crippen molar-refractivity contribution in [1.29, 1.82) is 0 Å². The number of hydrazine groups is 1. The van der Waals surface area contributed by atoms with E-state index in [2.05, 4.69) is 5.43 Å². The molecule has 0 spiro atoms. The van der Waals surface area contributed by atoms with Gasteiger partial charge in [-0.2, -0.15) is 0 Å². The molecule has 1 aliphatic heterocycles. The van der Waals surface area contributed by atoms with E-state index >= 15 is 0 Å². The Labute approximate surface area is 160 Å². The van der Waals surface area contributed by atoms with Crippen LogP contribution in [0.15, 0.2) is 70.7 Å².